The summed E-state index contributed by atoms with van der Waals surface area (Å²) in [7, 11) is 0. The summed E-state index contributed by atoms with van der Waals surface area (Å²) in [6.45, 7) is 2.19. The average molecular weight is 346 g/mol. The lowest BCUT2D eigenvalue weighted by atomic mass is 10.2. The third kappa shape index (κ3) is 3.80. The number of halogens is 1. The number of rotatable bonds is 6. The Hall–Kier alpha value is -2.67. The number of benzene rings is 1. The van der Waals surface area contributed by atoms with Crippen LogP contribution in [0.5, 0.6) is 0 Å². The van der Waals surface area contributed by atoms with Gasteiger partial charge < -0.3 is 9.84 Å². The Morgan fingerprint density at radius 1 is 1.42 bits per heavy atom. The lowest BCUT2D eigenvalue weighted by Crippen LogP contribution is -2.32. The first-order valence-electron chi connectivity index (χ1n) is 7.49. The smallest absolute Gasteiger partial charge is 0.244 e. The predicted molar refractivity (Wildman–Crippen MR) is 88.4 cm³/mol. The highest BCUT2D eigenvalue weighted by Gasteiger charge is 2.15. The molecule has 0 aliphatic heterocycles. The summed E-state index contributed by atoms with van der Waals surface area (Å²) in [5.74, 6) is 0.814. The van der Waals surface area contributed by atoms with Crippen LogP contribution >= 0.6 is 11.6 Å². The summed E-state index contributed by atoms with van der Waals surface area (Å²) >= 11 is 5.95. The lowest BCUT2D eigenvalue weighted by molar-refractivity contribution is -0.124. The van der Waals surface area contributed by atoms with Crippen LogP contribution in [0.3, 0.4) is 0 Å². The third-order valence-electron chi connectivity index (χ3n) is 3.49. The SMILES string of the molecule is CC(C(=O)NCCc1nc(-c2cccc(Cl)c2)no1)n1cccn1. The predicted octanol–water partition coefficient (Wildman–Crippen LogP) is 2.51. The maximum Gasteiger partial charge on any atom is 0.244 e. The molecule has 3 rings (SSSR count). The molecule has 0 aliphatic rings. The van der Waals surface area contributed by atoms with Gasteiger partial charge in [-0.05, 0) is 25.1 Å². The molecule has 3 aromatic rings. The van der Waals surface area contributed by atoms with Gasteiger partial charge in [0.1, 0.15) is 6.04 Å². The third-order valence-corrected chi connectivity index (χ3v) is 3.73. The van der Waals surface area contributed by atoms with E-state index >= 15 is 0 Å². The van der Waals surface area contributed by atoms with Crippen molar-refractivity contribution >= 4 is 17.5 Å². The van der Waals surface area contributed by atoms with Crippen LogP contribution in [0.15, 0.2) is 47.2 Å². The van der Waals surface area contributed by atoms with E-state index < -0.39 is 0 Å². The molecule has 1 amide bonds. The van der Waals surface area contributed by atoms with Crippen molar-refractivity contribution in [1.82, 2.24) is 25.2 Å². The molecule has 7 nitrogen and oxygen atoms in total. The van der Waals surface area contributed by atoms with Crippen molar-refractivity contribution in [2.75, 3.05) is 6.54 Å². The molecule has 1 N–H and O–H groups in total. The molecular weight excluding hydrogens is 330 g/mol. The van der Waals surface area contributed by atoms with Gasteiger partial charge in [0, 0.05) is 35.9 Å². The minimum Gasteiger partial charge on any atom is -0.354 e. The van der Waals surface area contributed by atoms with Gasteiger partial charge in [0.05, 0.1) is 0 Å². The first kappa shape index (κ1) is 16.2. The number of carbonyl (C=O) groups is 1. The maximum absolute atomic E-state index is 12.0. The van der Waals surface area contributed by atoms with Gasteiger partial charge in [0.15, 0.2) is 0 Å². The second-order valence-electron chi connectivity index (χ2n) is 5.23. The molecule has 0 spiro atoms. The van der Waals surface area contributed by atoms with E-state index in [-0.39, 0.29) is 11.9 Å². The van der Waals surface area contributed by atoms with Crippen LogP contribution < -0.4 is 5.32 Å². The Morgan fingerprint density at radius 3 is 3.04 bits per heavy atom. The van der Waals surface area contributed by atoms with E-state index in [0.717, 1.165) is 5.56 Å². The Bertz CT molecular complexity index is 816. The Morgan fingerprint density at radius 2 is 2.29 bits per heavy atom. The maximum atomic E-state index is 12.0. The van der Waals surface area contributed by atoms with Crippen molar-refractivity contribution in [3.63, 3.8) is 0 Å². The van der Waals surface area contributed by atoms with E-state index in [1.54, 1.807) is 42.2 Å². The lowest BCUT2D eigenvalue weighted by Gasteiger charge is -2.11. The Labute approximate surface area is 143 Å². The summed E-state index contributed by atoms with van der Waals surface area (Å²) in [4.78, 5) is 16.4. The molecule has 1 unspecified atom stereocenters. The van der Waals surface area contributed by atoms with Crippen molar-refractivity contribution in [1.29, 1.82) is 0 Å². The molecule has 124 valence electrons. The van der Waals surface area contributed by atoms with Crippen LogP contribution in [0.2, 0.25) is 5.02 Å². The number of nitrogens with one attached hydrogen (secondary N) is 1. The summed E-state index contributed by atoms with van der Waals surface area (Å²) in [6, 6.07) is 8.63. The minimum atomic E-state index is -0.371. The standard InChI is InChI=1S/C16H16ClN5O2/c1-11(22-9-3-7-19-22)16(23)18-8-6-14-20-15(21-24-14)12-4-2-5-13(17)10-12/h2-5,7,9-11H,6,8H2,1H3,(H,18,23). The molecule has 1 aromatic carbocycles. The van der Waals surface area contributed by atoms with Crippen LogP contribution in [0.4, 0.5) is 0 Å². The van der Waals surface area contributed by atoms with Gasteiger partial charge in [-0.25, -0.2) is 0 Å². The van der Waals surface area contributed by atoms with Gasteiger partial charge in [-0.3, -0.25) is 9.48 Å². The molecule has 2 heterocycles. The number of amides is 1. The first-order chi connectivity index (χ1) is 11.6. The van der Waals surface area contributed by atoms with E-state index in [2.05, 4.69) is 20.6 Å². The quantitative estimate of drug-likeness (QED) is 0.741. The van der Waals surface area contributed by atoms with Crippen LogP contribution in [0.1, 0.15) is 18.9 Å². The molecule has 0 bridgehead atoms. The minimum absolute atomic E-state index is 0.117. The monoisotopic (exact) mass is 345 g/mol. The molecule has 1 atom stereocenters. The highest BCUT2D eigenvalue weighted by atomic mass is 35.5. The zero-order valence-electron chi connectivity index (χ0n) is 13.0. The molecule has 0 saturated heterocycles. The summed E-state index contributed by atoms with van der Waals surface area (Å²) in [5, 5.41) is 11.4. The van der Waals surface area contributed by atoms with E-state index in [1.165, 1.54) is 0 Å². The fourth-order valence-corrected chi connectivity index (χ4v) is 2.36. The second-order valence-corrected chi connectivity index (χ2v) is 5.66. The van der Waals surface area contributed by atoms with Crippen LogP contribution in [0, 0.1) is 0 Å². The number of hydrogen-bond donors (Lipinski definition) is 1. The number of aromatic nitrogens is 4. The van der Waals surface area contributed by atoms with Crippen molar-refractivity contribution in [3.8, 4) is 11.4 Å². The van der Waals surface area contributed by atoms with Crippen molar-refractivity contribution in [2.45, 2.75) is 19.4 Å². The van der Waals surface area contributed by atoms with E-state index in [1.807, 2.05) is 12.1 Å². The Balaban J connectivity index is 1.53. The van der Waals surface area contributed by atoms with E-state index in [0.29, 0.717) is 29.7 Å². The molecule has 0 radical (unpaired) electrons. The highest BCUT2D eigenvalue weighted by Crippen LogP contribution is 2.19. The molecule has 0 fully saturated rings. The van der Waals surface area contributed by atoms with Gasteiger partial charge in [-0.2, -0.15) is 10.1 Å². The van der Waals surface area contributed by atoms with Crippen molar-refractivity contribution in [3.05, 3.63) is 53.6 Å². The normalized spacial score (nSPS) is 12.1. The number of carbonyl (C=O) groups excluding carboxylic acids is 1. The van der Waals surface area contributed by atoms with Crippen molar-refractivity contribution < 1.29 is 9.32 Å². The van der Waals surface area contributed by atoms with Crippen molar-refractivity contribution in [2.24, 2.45) is 0 Å². The molecule has 2 aromatic heterocycles. The number of hydrogen-bond acceptors (Lipinski definition) is 5. The molecule has 0 aliphatic carbocycles. The first-order valence-corrected chi connectivity index (χ1v) is 7.86. The fraction of sp³-hybridized carbons (Fsp3) is 0.250. The summed E-state index contributed by atoms with van der Waals surface area (Å²) in [6.07, 6.45) is 3.84. The zero-order chi connectivity index (χ0) is 16.9. The molecule has 0 saturated carbocycles. The largest absolute Gasteiger partial charge is 0.354 e. The number of nitrogens with zero attached hydrogens (tertiary/aromatic N) is 4. The zero-order valence-corrected chi connectivity index (χ0v) is 13.8. The van der Waals surface area contributed by atoms with Crippen LogP contribution in [-0.4, -0.2) is 32.4 Å². The van der Waals surface area contributed by atoms with Gasteiger partial charge in [-0.1, -0.05) is 28.9 Å². The molecule has 24 heavy (non-hydrogen) atoms. The van der Waals surface area contributed by atoms with Gasteiger partial charge >= 0.3 is 0 Å². The Kier molecular flexibility index (Phi) is 4.90. The molecular formula is C16H16ClN5O2. The van der Waals surface area contributed by atoms with Gasteiger partial charge in [0.2, 0.25) is 17.6 Å². The van der Waals surface area contributed by atoms with Gasteiger partial charge in [-0.15, -0.1) is 0 Å². The van der Waals surface area contributed by atoms with E-state index in [4.69, 9.17) is 16.1 Å². The average Bonchev–Trinajstić information content (AvgIpc) is 3.26. The van der Waals surface area contributed by atoms with Gasteiger partial charge in [0.25, 0.3) is 0 Å². The fourth-order valence-electron chi connectivity index (χ4n) is 2.17. The molecule has 8 heteroatoms. The van der Waals surface area contributed by atoms with E-state index in [9.17, 15) is 4.79 Å². The highest BCUT2D eigenvalue weighted by molar-refractivity contribution is 6.30. The van der Waals surface area contributed by atoms with Crippen LogP contribution in [-0.2, 0) is 11.2 Å². The second kappa shape index (κ2) is 7.27. The summed E-state index contributed by atoms with van der Waals surface area (Å²) < 4.78 is 6.80. The van der Waals surface area contributed by atoms with Crippen LogP contribution in [0.25, 0.3) is 11.4 Å². The topological polar surface area (TPSA) is 85.8 Å². The summed E-state index contributed by atoms with van der Waals surface area (Å²) in [5.41, 5.74) is 0.786.